The van der Waals surface area contributed by atoms with Gasteiger partial charge in [-0.05, 0) is 31.2 Å². The van der Waals surface area contributed by atoms with Crippen molar-refractivity contribution in [2.75, 3.05) is 5.32 Å². The number of nitriles is 1. The quantitative estimate of drug-likeness (QED) is 0.476. The van der Waals surface area contributed by atoms with Gasteiger partial charge in [-0.25, -0.2) is 24.3 Å². The topological polar surface area (TPSA) is 108 Å². The van der Waals surface area contributed by atoms with Gasteiger partial charge in [0, 0.05) is 5.69 Å². The second-order valence-corrected chi connectivity index (χ2v) is 6.73. The van der Waals surface area contributed by atoms with E-state index in [0.717, 1.165) is 5.69 Å². The molecular weight excluding hydrogens is 383 g/mol. The van der Waals surface area contributed by atoms with Gasteiger partial charge < -0.3 is 10.3 Å². The van der Waals surface area contributed by atoms with Crippen molar-refractivity contribution in [1.29, 1.82) is 5.26 Å². The SMILES string of the molecule is CC(Nc1ncnc2[nH]cnc12)c1nc2ccc(F)c(C#N)c2n1-c1ccccc1. The highest BCUT2D eigenvalue weighted by Crippen LogP contribution is 2.30. The highest BCUT2D eigenvalue weighted by atomic mass is 19.1. The minimum Gasteiger partial charge on any atom is -0.358 e. The number of hydrogen-bond donors (Lipinski definition) is 2. The average Bonchev–Trinajstić information content (AvgIpc) is 3.40. The maximum absolute atomic E-state index is 14.4. The molecule has 0 amide bonds. The van der Waals surface area contributed by atoms with E-state index in [0.29, 0.717) is 33.8 Å². The highest BCUT2D eigenvalue weighted by Gasteiger charge is 2.23. The Hall–Kier alpha value is -4.32. The lowest BCUT2D eigenvalue weighted by atomic mass is 10.1. The Kier molecular flexibility index (Phi) is 4.10. The van der Waals surface area contributed by atoms with Crippen molar-refractivity contribution in [2.24, 2.45) is 0 Å². The molecule has 3 heterocycles. The third-order valence-corrected chi connectivity index (χ3v) is 4.88. The maximum Gasteiger partial charge on any atom is 0.162 e. The van der Waals surface area contributed by atoms with E-state index in [2.05, 4.69) is 25.3 Å². The van der Waals surface area contributed by atoms with Crippen LogP contribution in [0, 0.1) is 17.1 Å². The zero-order valence-corrected chi connectivity index (χ0v) is 15.8. The van der Waals surface area contributed by atoms with Crippen LogP contribution in [-0.2, 0) is 0 Å². The summed E-state index contributed by atoms with van der Waals surface area (Å²) in [6, 6.07) is 13.9. The van der Waals surface area contributed by atoms with E-state index in [4.69, 9.17) is 4.98 Å². The molecule has 3 aromatic heterocycles. The van der Waals surface area contributed by atoms with Gasteiger partial charge in [0.05, 0.1) is 23.4 Å². The van der Waals surface area contributed by atoms with Crippen LogP contribution in [0.4, 0.5) is 10.2 Å². The van der Waals surface area contributed by atoms with Crippen molar-refractivity contribution in [3.05, 3.63) is 72.3 Å². The molecule has 1 unspecified atom stereocenters. The van der Waals surface area contributed by atoms with E-state index in [1.807, 2.05) is 43.3 Å². The molecule has 0 aliphatic carbocycles. The first-order valence-corrected chi connectivity index (χ1v) is 9.24. The largest absolute Gasteiger partial charge is 0.358 e. The molecule has 9 heteroatoms. The van der Waals surface area contributed by atoms with Crippen LogP contribution in [0.15, 0.2) is 55.1 Å². The lowest BCUT2D eigenvalue weighted by Crippen LogP contribution is -2.14. The van der Waals surface area contributed by atoms with Gasteiger partial charge in [-0.2, -0.15) is 5.26 Å². The number of aromatic amines is 1. The van der Waals surface area contributed by atoms with E-state index in [-0.39, 0.29) is 11.6 Å². The fraction of sp³-hybridized carbons (Fsp3) is 0.0952. The molecule has 146 valence electrons. The van der Waals surface area contributed by atoms with Crippen molar-refractivity contribution in [1.82, 2.24) is 29.5 Å². The Balaban J connectivity index is 1.71. The van der Waals surface area contributed by atoms with Gasteiger partial charge in [0.2, 0.25) is 0 Å². The summed E-state index contributed by atoms with van der Waals surface area (Å²) in [7, 11) is 0. The summed E-state index contributed by atoms with van der Waals surface area (Å²) in [5.41, 5.74) is 2.92. The normalized spacial score (nSPS) is 12.2. The first-order chi connectivity index (χ1) is 14.7. The minimum atomic E-state index is -0.580. The number of H-pyrrole nitrogens is 1. The zero-order valence-electron chi connectivity index (χ0n) is 15.8. The van der Waals surface area contributed by atoms with Crippen LogP contribution in [0.1, 0.15) is 24.4 Å². The monoisotopic (exact) mass is 398 g/mol. The van der Waals surface area contributed by atoms with Gasteiger partial charge in [-0.1, -0.05) is 18.2 Å². The van der Waals surface area contributed by atoms with Crippen LogP contribution in [-0.4, -0.2) is 29.5 Å². The molecule has 0 fully saturated rings. The smallest absolute Gasteiger partial charge is 0.162 e. The Morgan fingerprint density at radius 1 is 1.13 bits per heavy atom. The van der Waals surface area contributed by atoms with Gasteiger partial charge in [0.15, 0.2) is 11.5 Å². The molecular formula is C21H15FN8. The number of halogens is 1. The summed E-state index contributed by atoms with van der Waals surface area (Å²) >= 11 is 0. The summed E-state index contributed by atoms with van der Waals surface area (Å²) in [6.45, 7) is 1.92. The van der Waals surface area contributed by atoms with Gasteiger partial charge in [-0.3, -0.25) is 4.57 Å². The Morgan fingerprint density at radius 2 is 1.97 bits per heavy atom. The highest BCUT2D eigenvalue weighted by molar-refractivity contribution is 5.85. The minimum absolute atomic E-state index is 0.0426. The number of fused-ring (bicyclic) bond motifs is 2. The number of para-hydroxylation sites is 1. The van der Waals surface area contributed by atoms with Crippen LogP contribution >= 0.6 is 0 Å². The van der Waals surface area contributed by atoms with E-state index < -0.39 is 5.82 Å². The molecule has 8 nitrogen and oxygen atoms in total. The predicted octanol–water partition coefficient (Wildman–Crippen LogP) is 3.88. The first-order valence-electron chi connectivity index (χ1n) is 9.24. The molecule has 1 atom stereocenters. The van der Waals surface area contributed by atoms with Gasteiger partial charge in [-0.15, -0.1) is 0 Å². The summed E-state index contributed by atoms with van der Waals surface area (Å²) in [5.74, 6) is 0.580. The van der Waals surface area contributed by atoms with Crippen LogP contribution < -0.4 is 5.32 Å². The van der Waals surface area contributed by atoms with Crippen molar-refractivity contribution >= 4 is 28.0 Å². The van der Waals surface area contributed by atoms with Crippen molar-refractivity contribution < 1.29 is 4.39 Å². The summed E-state index contributed by atoms with van der Waals surface area (Å²) in [6.07, 6.45) is 3.00. The summed E-state index contributed by atoms with van der Waals surface area (Å²) in [4.78, 5) is 20.4. The van der Waals surface area contributed by atoms with Crippen molar-refractivity contribution in [3.8, 4) is 11.8 Å². The lowest BCUT2D eigenvalue weighted by molar-refractivity contribution is 0.625. The van der Waals surface area contributed by atoms with E-state index in [1.165, 1.54) is 12.4 Å². The third-order valence-electron chi connectivity index (χ3n) is 4.88. The van der Waals surface area contributed by atoms with E-state index in [9.17, 15) is 9.65 Å². The van der Waals surface area contributed by atoms with Crippen LogP contribution in [0.5, 0.6) is 0 Å². The molecule has 0 radical (unpaired) electrons. The maximum atomic E-state index is 14.4. The Morgan fingerprint density at radius 3 is 2.77 bits per heavy atom. The third kappa shape index (κ3) is 2.74. The average molecular weight is 398 g/mol. The molecule has 2 N–H and O–H groups in total. The molecule has 0 saturated carbocycles. The predicted molar refractivity (Wildman–Crippen MR) is 109 cm³/mol. The molecule has 0 bridgehead atoms. The second-order valence-electron chi connectivity index (χ2n) is 6.73. The van der Waals surface area contributed by atoms with Crippen LogP contribution in [0.25, 0.3) is 27.9 Å². The van der Waals surface area contributed by atoms with E-state index >= 15 is 0 Å². The standard InChI is InChI=1S/C21H15FN8/c1-12(28-20-17-19(25-10-24-17)26-11-27-20)21-29-16-8-7-15(22)14(9-23)18(16)30(21)13-5-3-2-4-6-13/h2-8,10-12H,1H3,(H2,24,25,26,27,28). The van der Waals surface area contributed by atoms with Gasteiger partial charge >= 0.3 is 0 Å². The number of hydrogen-bond acceptors (Lipinski definition) is 6. The van der Waals surface area contributed by atoms with Crippen molar-refractivity contribution in [2.45, 2.75) is 13.0 Å². The lowest BCUT2D eigenvalue weighted by Gasteiger charge is -2.17. The summed E-state index contributed by atoms with van der Waals surface area (Å²) < 4.78 is 16.2. The number of rotatable bonds is 4. The Labute approximate surface area is 170 Å². The molecule has 0 saturated heterocycles. The summed E-state index contributed by atoms with van der Waals surface area (Å²) in [5, 5.41) is 12.9. The molecule has 2 aromatic carbocycles. The first kappa shape index (κ1) is 17.8. The van der Waals surface area contributed by atoms with Crippen LogP contribution in [0.3, 0.4) is 0 Å². The fourth-order valence-electron chi connectivity index (χ4n) is 3.54. The molecule has 5 rings (SSSR count). The molecule has 30 heavy (non-hydrogen) atoms. The second kappa shape index (κ2) is 6.93. The number of nitrogens with one attached hydrogen (secondary N) is 2. The van der Waals surface area contributed by atoms with Gasteiger partial charge in [0.25, 0.3) is 0 Å². The molecule has 0 aliphatic rings. The molecule has 0 spiro atoms. The van der Waals surface area contributed by atoms with Gasteiger partial charge in [0.1, 0.15) is 35.1 Å². The number of imidazole rings is 2. The number of anilines is 1. The number of benzene rings is 2. The zero-order chi connectivity index (χ0) is 20.7. The van der Waals surface area contributed by atoms with Crippen LogP contribution in [0.2, 0.25) is 0 Å². The number of aromatic nitrogens is 6. The fourth-order valence-corrected chi connectivity index (χ4v) is 3.54. The Bertz CT molecular complexity index is 1410. The molecule has 0 aliphatic heterocycles. The van der Waals surface area contributed by atoms with Crippen molar-refractivity contribution in [3.63, 3.8) is 0 Å². The van der Waals surface area contributed by atoms with E-state index in [1.54, 1.807) is 17.0 Å². The number of nitrogens with zero attached hydrogens (tertiary/aromatic N) is 6. The molecule has 5 aromatic rings.